The van der Waals surface area contributed by atoms with Gasteiger partial charge in [-0.25, -0.2) is 9.18 Å². The Morgan fingerprint density at radius 1 is 1.34 bits per heavy atom. The first-order chi connectivity index (χ1) is 14.0. The number of hydrogen-bond donors (Lipinski definition) is 0. The standard InChI is InChI=1S/C17H16BrFN6O4/c1-10(26)29-25-16(21-22-23-25)14-9-27-17(20-14)24-6-4-12(5-7-24)28-15-8-11(19)2-3-13(15)18/h2-3,8-9,12H,4-7H2,1H3. The molecule has 10 nitrogen and oxygen atoms in total. The number of anilines is 1. The number of halogens is 2. The Balaban J connectivity index is 1.39. The van der Waals surface area contributed by atoms with E-state index in [-0.39, 0.29) is 17.7 Å². The van der Waals surface area contributed by atoms with E-state index in [9.17, 15) is 9.18 Å². The van der Waals surface area contributed by atoms with E-state index in [1.165, 1.54) is 25.3 Å². The number of rotatable bonds is 5. The molecule has 1 saturated heterocycles. The highest BCUT2D eigenvalue weighted by Gasteiger charge is 2.25. The van der Waals surface area contributed by atoms with Gasteiger partial charge in [-0.2, -0.15) is 4.98 Å². The summed E-state index contributed by atoms with van der Waals surface area (Å²) in [6.45, 7) is 2.53. The van der Waals surface area contributed by atoms with Crippen LogP contribution in [0, 0.1) is 5.82 Å². The van der Waals surface area contributed by atoms with Crippen molar-refractivity contribution in [3.63, 3.8) is 0 Å². The Hall–Kier alpha value is -3.02. The van der Waals surface area contributed by atoms with Gasteiger partial charge in [0, 0.05) is 38.9 Å². The van der Waals surface area contributed by atoms with Crippen LogP contribution in [-0.2, 0) is 4.79 Å². The SMILES string of the molecule is CC(=O)On1nnnc1-c1coc(N2CCC(Oc3cc(F)ccc3Br)CC2)n1. The zero-order valence-electron chi connectivity index (χ0n) is 15.3. The molecule has 4 rings (SSSR count). The van der Waals surface area contributed by atoms with Crippen LogP contribution in [0.1, 0.15) is 19.8 Å². The minimum absolute atomic E-state index is 0.0463. The van der Waals surface area contributed by atoms with E-state index < -0.39 is 5.97 Å². The number of piperidine rings is 1. The zero-order chi connectivity index (χ0) is 20.4. The molecule has 0 unspecified atom stereocenters. The maximum atomic E-state index is 13.4. The predicted octanol–water partition coefficient (Wildman–Crippen LogP) is 2.25. The number of oxazole rings is 1. The monoisotopic (exact) mass is 466 g/mol. The molecule has 0 bridgehead atoms. The zero-order valence-corrected chi connectivity index (χ0v) is 16.9. The summed E-state index contributed by atoms with van der Waals surface area (Å²) in [5.41, 5.74) is 0.341. The Kier molecular flexibility index (Phi) is 5.43. The number of ether oxygens (including phenoxy) is 1. The lowest BCUT2D eigenvalue weighted by Crippen LogP contribution is -2.38. The Bertz CT molecular complexity index is 1020. The molecule has 1 fully saturated rings. The summed E-state index contributed by atoms with van der Waals surface area (Å²) in [7, 11) is 0. The number of nitrogens with zero attached hydrogens (tertiary/aromatic N) is 6. The number of aromatic nitrogens is 5. The molecule has 0 amide bonds. The van der Waals surface area contributed by atoms with Gasteiger partial charge in [-0.05, 0) is 43.3 Å². The highest BCUT2D eigenvalue weighted by molar-refractivity contribution is 9.10. The third-order valence-corrected chi connectivity index (χ3v) is 4.93. The molecule has 0 aliphatic carbocycles. The summed E-state index contributed by atoms with van der Waals surface area (Å²) < 4.78 is 25.6. The Morgan fingerprint density at radius 3 is 2.90 bits per heavy atom. The summed E-state index contributed by atoms with van der Waals surface area (Å²) in [4.78, 5) is 23.2. The summed E-state index contributed by atoms with van der Waals surface area (Å²) in [5.74, 6) is -0.262. The Morgan fingerprint density at radius 2 is 2.14 bits per heavy atom. The highest BCUT2D eigenvalue weighted by atomic mass is 79.9. The van der Waals surface area contributed by atoms with E-state index in [1.54, 1.807) is 6.07 Å². The largest absolute Gasteiger partial charge is 0.489 e. The van der Waals surface area contributed by atoms with Crippen LogP contribution in [0.15, 0.2) is 33.4 Å². The van der Waals surface area contributed by atoms with Crippen molar-refractivity contribution in [1.82, 2.24) is 25.4 Å². The van der Waals surface area contributed by atoms with Crippen LogP contribution in [0.4, 0.5) is 10.4 Å². The van der Waals surface area contributed by atoms with Gasteiger partial charge in [-0.15, -0.1) is 5.10 Å². The minimum atomic E-state index is -0.561. The molecule has 1 aromatic carbocycles. The van der Waals surface area contributed by atoms with Crippen LogP contribution in [0.2, 0.25) is 0 Å². The van der Waals surface area contributed by atoms with Crippen molar-refractivity contribution in [2.45, 2.75) is 25.9 Å². The van der Waals surface area contributed by atoms with Crippen molar-refractivity contribution in [1.29, 1.82) is 0 Å². The quantitative estimate of drug-likeness (QED) is 0.522. The first kappa shape index (κ1) is 19.3. The molecule has 0 spiro atoms. The minimum Gasteiger partial charge on any atom is -0.489 e. The molecule has 3 aromatic rings. The third kappa shape index (κ3) is 4.36. The van der Waals surface area contributed by atoms with Gasteiger partial charge in [0.1, 0.15) is 23.9 Å². The number of hydrogen-bond acceptors (Lipinski definition) is 9. The lowest BCUT2D eigenvalue weighted by atomic mass is 10.1. The van der Waals surface area contributed by atoms with Crippen molar-refractivity contribution >= 4 is 27.9 Å². The van der Waals surface area contributed by atoms with E-state index in [0.717, 1.165) is 4.85 Å². The van der Waals surface area contributed by atoms with Gasteiger partial charge in [-0.3, -0.25) is 0 Å². The molecule has 1 aliphatic heterocycles. The van der Waals surface area contributed by atoms with Crippen LogP contribution in [0.3, 0.4) is 0 Å². The predicted molar refractivity (Wildman–Crippen MR) is 101 cm³/mol. The normalized spacial score (nSPS) is 14.8. The molecule has 29 heavy (non-hydrogen) atoms. The van der Waals surface area contributed by atoms with E-state index in [0.29, 0.717) is 47.9 Å². The molecule has 0 saturated carbocycles. The highest BCUT2D eigenvalue weighted by Crippen LogP contribution is 2.29. The molecule has 3 heterocycles. The second kappa shape index (κ2) is 8.15. The first-order valence-corrected chi connectivity index (χ1v) is 9.59. The Labute approximate surface area is 172 Å². The average molecular weight is 467 g/mol. The third-order valence-electron chi connectivity index (χ3n) is 4.28. The topological polar surface area (TPSA) is 108 Å². The molecule has 2 aromatic heterocycles. The first-order valence-electron chi connectivity index (χ1n) is 8.79. The van der Waals surface area contributed by atoms with E-state index >= 15 is 0 Å². The molecular formula is C17H16BrFN6O4. The van der Waals surface area contributed by atoms with E-state index in [1.807, 2.05) is 4.90 Å². The van der Waals surface area contributed by atoms with Gasteiger partial charge in [-0.1, -0.05) is 0 Å². The van der Waals surface area contributed by atoms with Gasteiger partial charge in [0.2, 0.25) is 5.82 Å². The van der Waals surface area contributed by atoms with Gasteiger partial charge >= 0.3 is 5.97 Å². The maximum Gasteiger partial charge on any atom is 0.332 e. The van der Waals surface area contributed by atoms with E-state index in [2.05, 4.69) is 36.4 Å². The van der Waals surface area contributed by atoms with Gasteiger partial charge in [0.05, 0.1) is 4.47 Å². The lowest BCUT2D eigenvalue weighted by Gasteiger charge is -2.31. The fourth-order valence-electron chi connectivity index (χ4n) is 2.94. The number of tetrazole rings is 1. The molecular weight excluding hydrogens is 451 g/mol. The lowest BCUT2D eigenvalue weighted by molar-refractivity contribution is -0.143. The van der Waals surface area contributed by atoms with Crippen LogP contribution < -0.4 is 14.5 Å². The number of carbonyl (C=O) groups excluding carboxylic acids is 1. The second-order valence-corrected chi connectivity index (χ2v) is 7.21. The van der Waals surface area contributed by atoms with Crippen molar-refractivity contribution in [3.8, 4) is 17.3 Å². The number of benzene rings is 1. The van der Waals surface area contributed by atoms with Gasteiger partial charge in [0.15, 0.2) is 5.69 Å². The maximum absolute atomic E-state index is 13.4. The summed E-state index contributed by atoms with van der Waals surface area (Å²) in [6, 6.07) is 4.77. The number of carbonyl (C=O) groups is 1. The molecule has 1 aliphatic rings. The van der Waals surface area contributed by atoms with Crippen LogP contribution in [-0.4, -0.2) is 50.5 Å². The van der Waals surface area contributed by atoms with Crippen LogP contribution in [0.25, 0.3) is 11.5 Å². The summed E-state index contributed by atoms with van der Waals surface area (Å²) in [5, 5.41) is 10.9. The van der Waals surface area contributed by atoms with Crippen molar-refractivity contribution in [2.24, 2.45) is 0 Å². The molecule has 152 valence electrons. The summed E-state index contributed by atoms with van der Waals surface area (Å²) >= 11 is 3.37. The molecule has 0 atom stereocenters. The second-order valence-electron chi connectivity index (χ2n) is 6.35. The van der Waals surface area contributed by atoms with Crippen LogP contribution >= 0.6 is 15.9 Å². The van der Waals surface area contributed by atoms with Crippen LogP contribution in [0.5, 0.6) is 5.75 Å². The van der Waals surface area contributed by atoms with Gasteiger partial charge < -0.3 is 18.9 Å². The van der Waals surface area contributed by atoms with E-state index in [4.69, 9.17) is 14.0 Å². The molecule has 0 radical (unpaired) electrons. The smallest absolute Gasteiger partial charge is 0.332 e. The summed E-state index contributed by atoms with van der Waals surface area (Å²) in [6.07, 6.45) is 2.78. The molecule has 12 heteroatoms. The van der Waals surface area contributed by atoms with Crippen molar-refractivity contribution < 1.29 is 23.2 Å². The average Bonchev–Trinajstić information content (AvgIpc) is 3.34. The van der Waals surface area contributed by atoms with Gasteiger partial charge in [0.25, 0.3) is 6.01 Å². The van der Waals surface area contributed by atoms with Crippen molar-refractivity contribution in [3.05, 3.63) is 34.8 Å². The molecule has 0 N–H and O–H groups in total. The fraction of sp³-hybridized carbons (Fsp3) is 0.353. The fourth-order valence-corrected chi connectivity index (χ4v) is 3.28. The van der Waals surface area contributed by atoms with Crippen molar-refractivity contribution in [2.75, 3.05) is 18.0 Å².